The maximum Gasteiger partial charge on any atom is 0.236 e. The fraction of sp³-hybridized carbons (Fsp3) is 0.500. The van der Waals surface area contributed by atoms with Crippen molar-refractivity contribution in [2.75, 3.05) is 39.3 Å². The Bertz CT molecular complexity index is 884. The fourth-order valence-electron chi connectivity index (χ4n) is 4.68. The highest BCUT2D eigenvalue weighted by atomic mass is 16.2. The van der Waals surface area contributed by atoms with E-state index < -0.39 is 0 Å². The molecule has 30 heavy (non-hydrogen) atoms. The van der Waals surface area contributed by atoms with Gasteiger partial charge in [-0.15, -0.1) is 0 Å². The summed E-state index contributed by atoms with van der Waals surface area (Å²) in [5, 5.41) is 0. The Hall–Kier alpha value is -2.17. The van der Waals surface area contributed by atoms with Crippen molar-refractivity contribution >= 4 is 5.91 Å². The monoisotopic (exact) mass is 405 g/mol. The number of nitrogens with zero attached hydrogens (tertiary/aromatic N) is 3. The Morgan fingerprint density at radius 3 is 2.43 bits per heavy atom. The number of carbonyl (C=O) groups excluding carboxylic acids is 1. The molecule has 0 saturated carbocycles. The van der Waals surface area contributed by atoms with E-state index in [1.54, 1.807) is 0 Å². The second-order valence-corrected chi connectivity index (χ2v) is 9.01. The van der Waals surface area contributed by atoms with Crippen LogP contribution in [-0.4, -0.2) is 65.9 Å². The van der Waals surface area contributed by atoms with E-state index in [1.807, 2.05) is 0 Å². The molecule has 0 radical (unpaired) electrons. The molecule has 4 rings (SSSR count). The number of aryl methyl sites for hydroxylation is 1. The summed E-state index contributed by atoms with van der Waals surface area (Å²) in [5.74, 6) is 0.287. The zero-order valence-corrected chi connectivity index (χ0v) is 18.7. The van der Waals surface area contributed by atoms with E-state index in [9.17, 15) is 4.79 Å². The van der Waals surface area contributed by atoms with Gasteiger partial charge in [0.25, 0.3) is 0 Å². The molecule has 1 saturated heterocycles. The average molecular weight is 406 g/mol. The molecule has 0 aromatic heterocycles. The summed E-state index contributed by atoms with van der Waals surface area (Å²) in [5.41, 5.74) is 6.79. The summed E-state index contributed by atoms with van der Waals surface area (Å²) in [6.45, 7) is 12.8. The Morgan fingerprint density at radius 2 is 1.70 bits per heavy atom. The lowest BCUT2D eigenvalue weighted by atomic mass is 9.94. The van der Waals surface area contributed by atoms with Crippen molar-refractivity contribution in [3.05, 3.63) is 59.2 Å². The highest BCUT2D eigenvalue weighted by Gasteiger charge is 2.25. The van der Waals surface area contributed by atoms with Crippen LogP contribution in [-0.2, 0) is 24.2 Å². The first kappa shape index (κ1) is 21.1. The maximum absolute atomic E-state index is 12.8. The molecule has 1 amide bonds. The summed E-state index contributed by atoms with van der Waals surface area (Å²) in [6.07, 6.45) is 2.08. The Labute approximate surface area is 181 Å². The number of fused-ring (bicyclic) bond motifs is 1. The summed E-state index contributed by atoms with van der Waals surface area (Å²) in [6, 6.07) is 16.3. The minimum absolute atomic E-state index is 0.287. The van der Waals surface area contributed by atoms with Gasteiger partial charge in [-0.25, -0.2) is 0 Å². The fourth-order valence-corrected chi connectivity index (χ4v) is 4.68. The largest absolute Gasteiger partial charge is 0.339 e. The standard InChI is InChI=1S/C26H35N3O/c1-4-21-6-5-7-22(16-21)23-8-9-25-18-27(11-10-24(25)17-23)19-26(30)29-14-12-28(13-15-29)20(2)3/h5-9,16-17,20H,4,10-15,18-19H2,1-3H3. The van der Waals surface area contributed by atoms with Gasteiger partial charge in [0.1, 0.15) is 0 Å². The molecule has 4 heteroatoms. The van der Waals surface area contributed by atoms with Gasteiger partial charge in [0.2, 0.25) is 5.91 Å². The van der Waals surface area contributed by atoms with Crippen molar-refractivity contribution in [1.82, 2.24) is 14.7 Å². The van der Waals surface area contributed by atoms with Crippen LogP contribution in [0.2, 0.25) is 0 Å². The minimum Gasteiger partial charge on any atom is -0.339 e. The smallest absolute Gasteiger partial charge is 0.236 e. The van der Waals surface area contributed by atoms with Crippen molar-refractivity contribution in [1.29, 1.82) is 0 Å². The Morgan fingerprint density at radius 1 is 0.933 bits per heavy atom. The van der Waals surface area contributed by atoms with Crippen molar-refractivity contribution in [3.63, 3.8) is 0 Å². The number of rotatable bonds is 5. The van der Waals surface area contributed by atoms with Gasteiger partial charge < -0.3 is 4.90 Å². The van der Waals surface area contributed by atoms with Crippen LogP contribution in [0.25, 0.3) is 11.1 Å². The molecule has 0 aliphatic carbocycles. The van der Waals surface area contributed by atoms with Crippen LogP contribution in [0.1, 0.15) is 37.5 Å². The van der Waals surface area contributed by atoms with E-state index in [-0.39, 0.29) is 5.91 Å². The zero-order valence-electron chi connectivity index (χ0n) is 18.7. The number of carbonyl (C=O) groups is 1. The van der Waals surface area contributed by atoms with Crippen molar-refractivity contribution in [3.8, 4) is 11.1 Å². The zero-order chi connectivity index (χ0) is 21.1. The molecule has 0 unspecified atom stereocenters. The lowest BCUT2D eigenvalue weighted by Crippen LogP contribution is -2.53. The Kier molecular flexibility index (Phi) is 6.55. The highest BCUT2D eigenvalue weighted by molar-refractivity contribution is 5.78. The molecule has 2 aliphatic rings. The summed E-state index contributed by atoms with van der Waals surface area (Å²) < 4.78 is 0. The molecule has 2 aromatic rings. The van der Waals surface area contributed by atoms with E-state index >= 15 is 0 Å². The predicted molar refractivity (Wildman–Crippen MR) is 124 cm³/mol. The average Bonchev–Trinajstić information content (AvgIpc) is 2.78. The second kappa shape index (κ2) is 9.32. The Balaban J connectivity index is 1.36. The molecule has 2 aromatic carbocycles. The first-order valence-electron chi connectivity index (χ1n) is 11.5. The summed E-state index contributed by atoms with van der Waals surface area (Å²) in [4.78, 5) is 19.6. The normalized spacial score (nSPS) is 17.9. The minimum atomic E-state index is 0.287. The van der Waals surface area contributed by atoms with Crippen LogP contribution in [0, 0.1) is 0 Å². The maximum atomic E-state index is 12.8. The van der Waals surface area contributed by atoms with Gasteiger partial charge in [-0.1, -0.05) is 49.4 Å². The lowest BCUT2D eigenvalue weighted by molar-refractivity contribution is -0.134. The third-order valence-corrected chi connectivity index (χ3v) is 6.72. The van der Waals surface area contributed by atoms with Crippen LogP contribution >= 0.6 is 0 Å². The van der Waals surface area contributed by atoms with Crippen LogP contribution in [0.4, 0.5) is 0 Å². The SMILES string of the molecule is CCc1cccc(-c2ccc3c(c2)CCN(CC(=O)N2CCN(C(C)C)CC2)C3)c1. The lowest BCUT2D eigenvalue weighted by Gasteiger charge is -2.38. The predicted octanol–water partition coefficient (Wildman–Crippen LogP) is 3.83. The van der Waals surface area contributed by atoms with Gasteiger partial charge in [-0.3, -0.25) is 14.6 Å². The van der Waals surface area contributed by atoms with E-state index in [2.05, 4.69) is 77.9 Å². The van der Waals surface area contributed by atoms with Crippen molar-refractivity contribution < 1.29 is 4.79 Å². The molecule has 160 valence electrons. The molecule has 0 bridgehead atoms. The van der Waals surface area contributed by atoms with E-state index in [0.717, 1.165) is 52.1 Å². The number of amides is 1. The summed E-state index contributed by atoms with van der Waals surface area (Å²) >= 11 is 0. The van der Waals surface area contributed by atoms with Crippen molar-refractivity contribution in [2.24, 2.45) is 0 Å². The third kappa shape index (κ3) is 4.76. The number of hydrogen-bond acceptors (Lipinski definition) is 3. The van der Waals surface area contributed by atoms with Crippen LogP contribution in [0.5, 0.6) is 0 Å². The summed E-state index contributed by atoms with van der Waals surface area (Å²) in [7, 11) is 0. The molecule has 2 aliphatic heterocycles. The number of benzene rings is 2. The highest BCUT2D eigenvalue weighted by Crippen LogP contribution is 2.27. The van der Waals surface area contributed by atoms with E-state index in [4.69, 9.17) is 0 Å². The third-order valence-electron chi connectivity index (χ3n) is 6.72. The molecule has 2 heterocycles. The topological polar surface area (TPSA) is 26.8 Å². The number of piperazine rings is 1. The van der Waals surface area contributed by atoms with Gasteiger partial charge in [0, 0.05) is 45.3 Å². The van der Waals surface area contributed by atoms with Crippen LogP contribution in [0.15, 0.2) is 42.5 Å². The molecule has 0 spiro atoms. The first-order chi connectivity index (χ1) is 14.5. The number of hydrogen-bond donors (Lipinski definition) is 0. The van der Waals surface area contributed by atoms with Crippen molar-refractivity contribution in [2.45, 2.75) is 46.2 Å². The van der Waals surface area contributed by atoms with E-state index in [0.29, 0.717) is 12.6 Å². The van der Waals surface area contributed by atoms with Gasteiger partial charge in [-0.05, 0) is 54.5 Å². The molecule has 4 nitrogen and oxygen atoms in total. The van der Waals surface area contributed by atoms with E-state index in [1.165, 1.54) is 27.8 Å². The first-order valence-corrected chi connectivity index (χ1v) is 11.5. The van der Waals surface area contributed by atoms with Gasteiger partial charge in [0.05, 0.1) is 6.54 Å². The van der Waals surface area contributed by atoms with Gasteiger partial charge in [-0.2, -0.15) is 0 Å². The van der Waals surface area contributed by atoms with Gasteiger partial charge in [0.15, 0.2) is 0 Å². The molecular formula is C26H35N3O. The molecular weight excluding hydrogens is 370 g/mol. The van der Waals surface area contributed by atoms with Crippen LogP contribution < -0.4 is 0 Å². The van der Waals surface area contributed by atoms with Crippen LogP contribution in [0.3, 0.4) is 0 Å². The molecule has 1 fully saturated rings. The second-order valence-electron chi connectivity index (χ2n) is 9.01. The molecule has 0 atom stereocenters. The quantitative estimate of drug-likeness (QED) is 0.757. The van der Waals surface area contributed by atoms with Gasteiger partial charge >= 0.3 is 0 Å². The molecule has 0 N–H and O–H groups in total.